The average Bonchev–Trinajstić information content (AvgIpc) is 2.92. The van der Waals surface area contributed by atoms with Crippen LogP contribution in [0.1, 0.15) is 48.5 Å². The van der Waals surface area contributed by atoms with Gasteiger partial charge in [-0.25, -0.2) is 0 Å². The van der Waals surface area contributed by atoms with Crippen LogP contribution in [0.15, 0.2) is 24.3 Å². The van der Waals surface area contributed by atoms with Crippen molar-refractivity contribution in [2.24, 2.45) is 0 Å². The van der Waals surface area contributed by atoms with Gasteiger partial charge in [0, 0.05) is 25.3 Å². The van der Waals surface area contributed by atoms with Gasteiger partial charge < -0.3 is 15.0 Å². The van der Waals surface area contributed by atoms with E-state index in [2.05, 4.69) is 5.32 Å². The Bertz CT molecular complexity index is 594. The van der Waals surface area contributed by atoms with Crippen molar-refractivity contribution in [1.82, 2.24) is 10.2 Å². The number of benzene rings is 1. The predicted molar refractivity (Wildman–Crippen MR) is 87.0 cm³/mol. The topological polar surface area (TPSA) is 58.6 Å². The molecular formula is C18H24N2O3. The number of carbonyl (C=O) groups excluding carboxylic acids is 2. The smallest absolute Gasteiger partial charge is 0.255 e. The fourth-order valence-electron chi connectivity index (χ4n) is 3.50. The second-order valence-electron chi connectivity index (χ2n) is 6.48. The van der Waals surface area contributed by atoms with E-state index in [4.69, 9.17) is 4.74 Å². The lowest BCUT2D eigenvalue weighted by Gasteiger charge is -2.30. The molecule has 124 valence electrons. The molecule has 1 fully saturated rings. The highest BCUT2D eigenvalue weighted by Gasteiger charge is 2.34. The van der Waals surface area contributed by atoms with Gasteiger partial charge >= 0.3 is 0 Å². The van der Waals surface area contributed by atoms with Crippen molar-refractivity contribution in [1.29, 1.82) is 0 Å². The van der Waals surface area contributed by atoms with Crippen LogP contribution in [0.2, 0.25) is 0 Å². The zero-order valence-electron chi connectivity index (χ0n) is 13.7. The molecule has 0 radical (unpaired) electrons. The van der Waals surface area contributed by atoms with Gasteiger partial charge in [-0.15, -0.1) is 0 Å². The fourth-order valence-corrected chi connectivity index (χ4v) is 3.50. The van der Waals surface area contributed by atoms with Crippen LogP contribution in [0.5, 0.6) is 0 Å². The minimum absolute atomic E-state index is 0.0497. The third-order valence-corrected chi connectivity index (χ3v) is 5.05. The summed E-state index contributed by atoms with van der Waals surface area (Å²) in [6.45, 7) is 2.32. The van der Waals surface area contributed by atoms with Gasteiger partial charge in [-0.2, -0.15) is 0 Å². The normalized spacial score (nSPS) is 25.1. The Kier molecular flexibility index (Phi) is 4.66. The molecular weight excluding hydrogens is 292 g/mol. The van der Waals surface area contributed by atoms with Crippen LogP contribution in [0.25, 0.3) is 0 Å². The van der Waals surface area contributed by atoms with E-state index in [1.165, 1.54) is 0 Å². The van der Waals surface area contributed by atoms with Gasteiger partial charge in [0.15, 0.2) is 0 Å². The molecule has 2 aliphatic rings. The van der Waals surface area contributed by atoms with Crippen LogP contribution in [-0.2, 0) is 16.1 Å². The van der Waals surface area contributed by atoms with Crippen molar-refractivity contribution < 1.29 is 14.3 Å². The van der Waals surface area contributed by atoms with Gasteiger partial charge in [0.25, 0.3) is 5.91 Å². The number of amides is 2. The summed E-state index contributed by atoms with van der Waals surface area (Å²) in [6.07, 6.45) is 4.14. The summed E-state index contributed by atoms with van der Waals surface area (Å²) in [7, 11) is 1.74. The minimum atomic E-state index is -0.449. The fraction of sp³-hybridized carbons (Fsp3) is 0.556. The zero-order chi connectivity index (χ0) is 16.4. The molecule has 5 heteroatoms. The number of hydrogen-bond acceptors (Lipinski definition) is 3. The van der Waals surface area contributed by atoms with E-state index in [0.717, 1.165) is 31.2 Å². The molecule has 0 bridgehead atoms. The minimum Gasteiger partial charge on any atom is -0.381 e. The Morgan fingerprint density at radius 3 is 2.61 bits per heavy atom. The first kappa shape index (κ1) is 16.0. The summed E-state index contributed by atoms with van der Waals surface area (Å²) in [5, 5.41) is 3.10. The Morgan fingerprint density at radius 1 is 1.26 bits per heavy atom. The number of nitrogens with zero attached hydrogens (tertiary/aromatic N) is 1. The number of ether oxygens (including phenoxy) is 1. The standard InChI is InChI=1S/C18H24N2O3/c1-12(17(21)19-14-7-9-15(23-2)10-8-14)20-11-13-5-3-4-6-16(13)18(20)22/h3-6,12,14-15H,7-11H2,1-2H3,(H,19,21)/t12-,14?,15?/m1/s1. The molecule has 3 rings (SSSR count). The summed E-state index contributed by atoms with van der Waals surface area (Å²) >= 11 is 0. The van der Waals surface area contributed by atoms with Crippen LogP contribution in [-0.4, -0.2) is 42.0 Å². The third kappa shape index (κ3) is 3.24. The van der Waals surface area contributed by atoms with E-state index < -0.39 is 6.04 Å². The highest BCUT2D eigenvalue weighted by Crippen LogP contribution is 2.25. The lowest BCUT2D eigenvalue weighted by atomic mass is 9.93. The number of methoxy groups -OCH3 is 1. The lowest BCUT2D eigenvalue weighted by molar-refractivity contribution is -0.126. The molecule has 1 saturated carbocycles. The van der Waals surface area contributed by atoms with Crippen molar-refractivity contribution in [3.8, 4) is 0 Å². The second-order valence-corrected chi connectivity index (χ2v) is 6.48. The van der Waals surface area contributed by atoms with E-state index in [9.17, 15) is 9.59 Å². The molecule has 1 aromatic carbocycles. The maximum absolute atomic E-state index is 12.5. The Hall–Kier alpha value is -1.88. The first-order valence-electron chi connectivity index (χ1n) is 8.32. The molecule has 0 aromatic heterocycles. The van der Waals surface area contributed by atoms with Crippen LogP contribution in [0.3, 0.4) is 0 Å². The third-order valence-electron chi connectivity index (χ3n) is 5.05. The summed E-state index contributed by atoms with van der Waals surface area (Å²) in [6, 6.07) is 7.30. The molecule has 0 spiro atoms. The predicted octanol–water partition coefficient (Wildman–Crippen LogP) is 2.10. The summed E-state index contributed by atoms with van der Waals surface area (Å²) < 4.78 is 5.36. The van der Waals surface area contributed by atoms with E-state index >= 15 is 0 Å². The molecule has 0 saturated heterocycles. The Balaban J connectivity index is 1.58. The number of carbonyl (C=O) groups is 2. The quantitative estimate of drug-likeness (QED) is 0.925. The van der Waals surface area contributed by atoms with Crippen molar-refractivity contribution in [3.63, 3.8) is 0 Å². The van der Waals surface area contributed by atoms with Crippen molar-refractivity contribution in [3.05, 3.63) is 35.4 Å². The largest absolute Gasteiger partial charge is 0.381 e. The molecule has 1 heterocycles. The zero-order valence-corrected chi connectivity index (χ0v) is 13.7. The number of fused-ring (bicyclic) bond motifs is 1. The monoisotopic (exact) mass is 316 g/mol. The van der Waals surface area contributed by atoms with Gasteiger partial charge in [0.1, 0.15) is 6.04 Å². The van der Waals surface area contributed by atoms with Gasteiger partial charge in [0.05, 0.1) is 6.10 Å². The van der Waals surface area contributed by atoms with Crippen molar-refractivity contribution in [2.75, 3.05) is 7.11 Å². The average molecular weight is 316 g/mol. The molecule has 1 aromatic rings. The van der Waals surface area contributed by atoms with Gasteiger partial charge in [-0.1, -0.05) is 18.2 Å². The number of nitrogens with one attached hydrogen (secondary N) is 1. The maximum atomic E-state index is 12.5. The highest BCUT2D eigenvalue weighted by atomic mass is 16.5. The molecule has 23 heavy (non-hydrogen) atoms. The Labute approximate surface area is 137 Å². The number of rotatable bonds is 4. The van der Waals surface area contributed by atoms with E-state index in [1.807, 2.05) is 24.3 Å². The molecule has 1 aliphatic carbocycles. The van der Waals surface area contributed by atoms with E-state index in [0.29, 0.717) is 18.2 Å². The highest BCUT2D eigenvalue weighted by molar-refractivity contribution is 6.01. The Morgan fingerprint density at radius 2 is 1.96 bits per heavy atom. The second kappa shape index (κ2) is 6.71. The first-order valence-corrected chi connectivity index (χ1v) is 8.32. The molecule has 0 unspecified atom stereocenters. The van der Waals surface area contributed by atoms with E-state index in [1.54, 1.807) is 18.9 Å². The van der Waals surface area contributed by atoms with E-state index in [-0.39, 0.29) is 17.9 Å². The van der Waals surface area contributed by atoms with Gasteiger partial charge in [-0.05, 0) is 44.2 Å². The molecule has 2 amide bonds. The SMILES string of the molecule is COC1CCC(NC(=O)[C@@H](C)N2Cc3ccccc3C2=O)CC1. The van der Waals surface area contributed by atoms with Crippen LogP contribution >= 0.6 is 0 Å². The van der Waals surface area contributed by atoms with Crippen molar-refractivity contribution >= 4 is 11.8 Å². The van der Waals surface area contributed by atoms with Gasteiger partial charge in [-0.3, -0.25) is 9.59 Å². The lowest BCUT2D eigenvalue weighted by Crippen LogP contribution is -2.49. The summed E-state index contributed by atoms with van der Waals surface area (Å²) in [4.78, 5) is 26.6. The van der Waals surface area contributed by atoms with Crippen LogP contribution in [0.4, 0.5) is 0 Å². The summed E-state index contributed by atoms with van der Waals surface area (Å²) in [5.41, 5.74) is 1.71. The van der Waals surface area contributed by atoms with Gasteiger partial charge in [0.2, 0.25) is 5.91 Å². The maximum Gasteiger partial charge on any atom is 0.255 e. The van der Waals surface area contributed by atoms with Crippen LogP contribution in [0, 0.1) is 0 Å². The van der Waals surface area contributed by atoms with Crippen molar-refractivity contribution in [2.45, 2.75) is 57.3 Å². The molecule has 5 nitrogen and oxygen atoms in total. The summed E-state index contributed by atoms with van der Waals surface area (Å²) in [5.74, 6) is -0.113. The number of hydrogen-bond donors (Lipinski definition) is 1. The van der Waals surface area contributed by atoms with Crippen LogP contribution < -0.4 is 5.32 Å². The molecule has 1 aliphatic heterocycles. The molecule has 1 atom stereocenters. The molecule has 1 N–H and O–H groups in total. The first-order chi connectivity index (χ1) is 11.1.